The molecule has 9 heteroatoms. The van der Waals surface area contributed by atoms with Crippen LogP contribution in [0, 0.1) is 18.3 Å². The normalized spacial score (nSPS) is 12.4. The zero-order chi connectivity index (χ0) is 26.6. The Labute approximate surface area is 222 Å². The van der Waals surface area contributed by atoms with Crippen LogP contribution in [0.1, 0.15) is 50.3 Å². The number of nitrogens with one attached hydrogen (secondary N) is 1. The molecular weight excluding hydrogens is 504 g/mol. The molecule has 2 aromatic carbocycles. The summed E-state index contributed by atoms with van der Waals surface area (Å²) in [5.74, 6) is -0.565. The molecule has 8 nitrogen and oxygen atoms in total. The standard InChI is InChI=1S/C29H24N2O6S/c1-17-12-27(33)37-24-13-20(10-11-21(17)24)35-15-18-6-8-19(9-7-18)29(34)36-16-26(32)31-28-23(14-30)22-4-2-3-5-25(22)38-28/h6-13H,2-5,15-16H2,1H3,(H,31,32). The molecule has 0 bridgehead atoms. The third-order valence-electron chi connectivity index (χ3n) is 6.39. The Balaban J connectivity index is 1.14. The molecule has 1 N–H and O–H groups in total. The largest absolute Gasteiger partial charge is 0.489 e. The summed E-state index contributed by atoms with van der Waals surface area (Å²) in [7, 11) is 0. The van der Waals surface area contributed by atoms with E-state index in [0.29, 0.717) is 27.5 Å². The minimum atomic E-state index is -0.626. The molecule has 192 valence electrons. The number of thiophene rings is 1. The number of aryl methyl sites for hydroxylation is 2. The van der Waals surface area contributed by atoms with Crippen LogP contribution in [0.25, 0.3) is 11.0 Å². The third kappa shape index (κ3) is 5.45. The molecule has 0 spiro atoms. The number of nitrogens with zero attached hydrogens (tertiary/aromatic N) is 1. The van der Waals surface area contributed by atoms with Crippen molar-refractivity contribution in [3.8, 4) is 11.8 Å². The number of ether oxygens (including phenoxy) is 2. The predicted octanol–water partition coefficient (Wildman–Crippen LogP) is 5.29. The van der Waals surface area contributed by atoms with Gasteiger partial charge in [-0.05, 0) is 73.6 Å². The highest BCUT2D eigenvalue weighted by atomic mass is 32.1. The van der Waals surface area contributed by atoms with Crippen LogP contribution in [0.4, 0.5) is 5.00 Å². The van der Waals surface area contributed by atoms with Gasteiger partial charge in [0.25, 0.3) is 5.91 Å². The smallest absolute Gasteiger partial charge is 0.338 e. The molecular formula is C29H24N2O6S. The molecule has 5 rings (SSSR count). The van der Waals surface area contributed by atoms with E-state index in [1.54, 1.807) is 36.4 Å². The third-order valence-corrected chi connectivity index (χ3v) is 7.60. The molecule has 0 radical (unpaired) electrons. The molecule has 1 aliphatic rings. The van der Waals surface area contributed by atoms with E-state index >= 15 is 0 Å². The number of hydrogen-bond acceptors (Lipinski definition) is 8. The minimum absolute atomic E-state index is 0.241. The number of hydrogen-bond donors (Lipinski definition) is 1. The van der Waals surface area contributed by atoms with Gasteiger partial charge < -0.3 is 19.2 Å². The molecule has 4 aromatic rings. The Morgan fingerprint density at radius 1 is 1.11 bits per heavy atom. The van der Waals surface area contributed by atoms with E-state index in [0.717, 1.165) is 52.6 Å². The van der Waals surface area contributed by atoms with Gasteiger partial charge in [-0.25, -0.2) is 9.59 Å². The molecule has 0 unspecified atom stereocenters. The maximum atomic E-state index is 12.4. The second kappa shape index (κ2) is 10.9. The first kappa shape index (κ1) is 25.2. The Morgan fingerprint density at radius 2 is 1.89 bits per heavy atom. The summed E-state index contributed by atoms with van der Waals surface area (Å²) in [6.45, 7) is 1.64. The van der Waals surface area contributed by atoms with Crippen molar-refractivity contribution >= 4 is 39.2 Å². The Kier molecular flexibility index (Phi) is 7.24. The van der Waals surface area contributed by atoms with Gasteiger partial charge in [-0.1, -0.05) is 12.1 Å². The van der Waals surface area contributed by atoms with Crippen LogP contribution >= 0.6 is 11.3 Å². The lowest BCUT2D eigenvalue weighted by Crippen LogP contribution is -2.21. The van der Waals surface area contributed by atoms with Crippen LogP contribution in [0.2, 0.25) is 0 Å². The van der Waals surface area contributed by atoms with Crippen LogP contribution in [0.15, 0.2) is 57.7 Å². The van der Waals surface area contributed by atoms with Gasteiger partial charge in [0.1, 0.15) is 29.0 Å². The summed E-state index contributed by atoms with van der Waals surface area (Å²) in [4.78, 5) is 37.6. The summed E-state index contributed by atoms with van der Waals surface area (Å²) < 4.78 is 16.2. The number of benzene rings is 2. The van der Waals surface area contributed by atoms with E-state index in [4.69, 9.17) is 13.9 Å². The van der Waals surface area contributed by atoms with E-state index in [9.17, 15) is 19.6 Å². The number of carbonyl (C=O) groups is 2. The number of anilines is 1. The van der Waals surface area contributed by atoms with Crippen molar-refractivity contribution < 1.29 is 23.5 Å². The fourth-order valence-corrected chi connectivity index (χ4v) is 5.70. The van der Waals surface area contributed by atoms with Gasteiger partial charge in [0.2, 0.25) is 0 Å². The average molecular weight is 529 g/mol. The summed E-state index contributed by atoms with van der Waals surface area (Å²) in [6, 6.07) is 15.6. The summed E-state index contributed by atoms with van der Waals surface area (Å²) in [5, 5.41) is 13.6. The summed E-state index contributed by atoms with van der Waals surface area (Å²) >= 11 is 1.43. The molecule has 0 aliphatic heterocycles. The van der Waals surface area contributed by atoms with E-state index < -0.39 is 24.1 Å². The van der Waals surface area contributed by atoms with Gasteiger partial charge in [-0.2, -0.15) is 5.26 Å². The molecule has 0 saturated heterocycles. The summed E-state index contributed by atoms with van der Waals surface area (Å²) in [6.07, 6.45) is 3.88. The Bertz CT molecular complexity index is 1630. The molecule has 1 aliphatic carbocycles. The maximum absolute atomic E-state index is 12.4. The summed E-state index contributed by atoms with van der Waals surface area (Å²) in [5.41, 5.74) is 3.54. The van der Waals surface area contributed by atoms with Gasteiger partial charge in [-0.3, -0.25) is 4.79 Å². The molecule has 2 aromatic heterocycles. The van der Waals surface area contributed by atoms with Crippen LogP contribution in [-0.2, 0) is 29.0 Å². The molecule has 38 heavy (non-hydrogen) atoms. The van der Waals surface area contributed by atoms with Gasteiger partial charge in [0, 0.05) is 22.4 Å². The SMILES string of the molecule is Cc1cc(=O)oc2cc(OCc3ccc(C(=O)OCC(=O)Nc4sc5c(c4C#N)CCCC5)cc3)ccc12. The van der Waals surface area contributed by atoms with Crippen molar-refractivity contribution in [3.63, 3.8) is 0 Å². The van der Waals surface area contributed by atoms with E-state index in [-0.39, 0.29) is 6.61 Å². The quantitative estimate of drug-likeness (QED) is 0.256. The Morgan fingerprint density at radius 3 is 2.68 bits per heavy atom. The van der Waals surface area contributed by atoms with Crippen molar-refractivity contribution in [1.29, 1.82) is 5.26 Å². The van der Waals surface area contributed by atoms with E-state index in [1.807, 2.05) is 13.0 Å². The zero-order valence-corrected chi connectivity index (χ0v) is 21.5. The highest BCUT2D eigenvalue weighted by Gasteiger charge is 2.22. The molecule has 0 saturated carbocycles. The van der Waals surface area contributed by atoms with Crippen LogP contribution < -0.4 is 15.7 Å². The topological polar surface area (TPSA) is 119 Å². The lowest BCUT2D eigenvalue weighted by Gasteiger charge is -2.09. The fraction of sp³-hybridized carbons (Fsp3) is 0.241. The monoisotopic (exact) mass is 528 g/mol. The highest BCUT2D eigenvalue weighted by Crippen LogP contribution is 2.37. The van der Waals surface area contributed by atoms with Gasteiger partial charge in [-0.15, -0.1) is 11.3 Å². The molecule has 0 atom stereocenters. The minimum Gasteiger partial charge on any atom is -0.489 e. The van der Waals surface area contributed by atoms with Crippen LogP contribution in [-0.4, -0.2) is 18.5 Å². The highest BCUT2D eigenvalue weighted by molar-refractivity contribution is 7.16. The van der Waals surface area contributed by atoms with Crippen molar-refractivity contribution in [2.45, 2.75) is 39.2 Å². The second-order valence-corrected chi connectivity index (χ2v) is 10.1. The van der Waals surface area contributed by atoms with Gasteiger partial charge >= 0.3 is 11.6 Å². The lowest BCUT2D eigenvalue weighted by molar-refractivity contribution is -0.119. The first-order chi connectivity index (χ1) is 18.4. The molecule has 1 amide bonds. The van der Waals surface area contributed by atoms with Crippen molar-refractivity contribution in [1.82, 2.24) is 0 Å². The van der Waals surface area contributed by atoms with Crippen molar-refractivity contribution in [3.05, 3.63) is 91.6 Å². The number of amides is 1. The first-order valence-electron chi connectivity index (χ1n) is 12.2. The van der Waals surface area contributed by atoms with Crippen LogP contribution in [0.5, 0.6) is 5.75 Å². The molecule has 2 heterocycles. The first-order valence-corrected chi connectivity index (χ1v) is 13.0. The lowest BCUT2D eigenvalue weighted by atomic mass is 9.96. The van der Waals surface area contributed by atoms with Gasteiger partial charge in [0.05, 0.1) is 11.1 Å². The van der Waals surface area contributed by atoms with E-state index in [2.05, 4.69) is 11.4 Å². The zero-order valence-electron chi connectivity index (χ0n) is 20.7. The van der Waals surface area contributed by atoms with Crippen molar-refractivity contribution in [2.75, 3.05) is 11.9 Å². The number of nitriles is 1. The van der Waals surface area contributed by atoms with E-state index in [1.165, 1.54) is 17.4 Å². The maximum Gasteiger partial charge on any atom is 0.338 e. The molecule has 0 fully saturated rings. The number of esters is 1. The number of fused-ring (bicyclic) bond motifs is 2. The predicted molar refractivity (Wildman–Crippen MR) is 143 cm³/mol. The van der Waals surface area contributed by atoms with Crippen molar-refractivity contribution in [2.24, 2.45) is 0 Å². The average Bonchev–Trinajstić information content (AvgIpc) is 3.27. The van der Waals surface area contributed by atoms with Gasteiger partial charge in [0.15, 0.2) is 6.61 Å². The fourth-order valence-electron chi connectivity index (χ4n) is 4.45. The number of carbonyl (C=O) groups excluding carboxylic acids is 2. The Hall–Kier alpha value is -4.42. The number of rotatable bonds is 7. The van der Waals surface area contributed by atoms with Crippen LogP contribution in [0.3, 0.4) is 0 Å². The second-order valence-electron chi connectivity index (χ2n) is 9.04.